The Morgan fingerprint density at radius 1 is 0.681 bits per heavy atom. The van der Waals surface area contributed by atoms with Crippen LogP contribution in [0.5, 0.6) is 0 Å². The Labute approximate surface area is 281 Å². The molecule has 0 aliphatic rings. The first-order valence-corrected chi connectivity index (χ1v) is 15.7. The van der Waals surface area contributed by atoms with Crippen LogP contribution >= 0.6 is 11.6 Å². The van der Waals surface area contributed by atoms with Crippen molar-refractivity contribution in [1.82, 2.24) is 24.5 Å². The van der Waals surface area contributed by atoms with E-state index in [9.17, 15) is 9.59 Å². The molecule has 3 heterocycles. The number of aryl methyl sites for hydroxylation is 2. The third-order valence-electron chi connectivity index (χ3n) is 7.52. The van der Waals surface area contributed by atoms with Crippen LogP contribution in [0.2, 0.25) is 5.15 Å². The number of anilines is 3. The van der Waals surface area contributed by atoms with Crippen LogP contribution in [-0.4, -0.2) is 36.4 Å². The third kappa shape index (κ3) is 9.29. The van der Waals surface area contributed by atoms with Crippen molar-refractivity contribution in [3.63, 3.8) is 0 Å². The van der Waals surface area contributed by atoms with Gasteiger partial charge in [-0.3, -0.25) is 23.9 Å². The molecular weight excluding hydrogens is 612 g/mol. The van der Waals surface area contributed by atoms with Gasteiger partial charge < -0.3 is 16.0 Å². The minimum Gasteiger partial charge on any atom is -0.366 e. The van der Waals surface area contributed by atoms with Crippen LogP contribution in [0.15, 0.2) is 85.5 Å². The van der Waals surface area contributed by atoms with Crippen molar-refractivity contribution in [2.75, 3.05) is 16.0 Å². The third-order valence-corrected chi connectivity index (χ3v) is 7.97. The van der Waals surface area contributed by atoms with Gasteiger partial charge in [0.15, 0.2) is 0 Å². The second-order valence-corrected chi connectivity index (χ2v) is 13.6. The number of aromatic nitrogens is 5. The summed E-state index contributed by atoms with van der Waals surface area (Å²) in [4.78, 5) is 28.8. The maximum Gasteiger partial charge on any atom is 0.261 e. The first-order valence-electron chi connectivity index (χ1n) is 15.3. The predicted molar refractivity (Wildman–Crippen MR) is 189 cm³/mol. The standard InChI is InChI=1S/C21H25N5O.C15H18ClN3O/c1-21(2,3)16-5-7-17(8-6-16)25-20(27)18-14-24-26(4)19(18)23-13-15-9-11-22-12-10-15;1-15(2,3)10-5-7-11(8-6-10)18-14(20)12-9-17-19(4)13(12)16/h5-12,14,23H,13H2,1-4H3,(H,25,27);5-9H,1-4H3,(H,18,20). The molecule has 0 aliphatic carbocycles. The molecule has 0 aliphatic heterocycles. The molecule has 3 aromatic heterocycles. The predicted octanol–water partition coefficient (Wildman–Crippen LogP) is 7.60. The lowest BCUT2D eigenvalue weighted by molar-refractivity contribution is 0.101. The summed E-state index contributed by atoms with van der Waals surface area (Å²) < 4.78 is 3.12. The molecule has 5 aromatic rings. The first-order chi connectivity index (χ1) is 22.1. The summed E-state index contributed by atoms with van der Waals surface area (Å²) in [6.45, 7) is 13.5. The van der Waals surface area contributed by atoms with Crippen molar-refractivity contribution in [2.45, 2.75) is 58.9 Å². The molecule has 0 saturated heterocycles. The van der Waals surface area contributed by atoms with Gasteiger partial charge >= 0.3 is 0 Å². The van der Waals surface area contributed by atoms with E-state index in [-0.39, 0.29) is 22.6 Å². The summed E-state index contributed by atoms with van der Waals surface area (Å²) in [5.74, 6) is 0.228. The molecule has 11 heteroatoms. The highest BCUT2D eigenvalue weighted by molar-refractivity contribution is 6.33. The fourth-order valence-electron chi connectivity index (χ4n) is 4.58. The summed E-state index contributed by atoms with van der Waals surface area (Å²) in [7, 11) is 3.50. The van der Waals surface area contributed by atoms with E-state index in [0.717, 1.165) is 16.9 Å². The average Bonchev–Trinajstić information content (AvgIpc) is 3.57. The highest BCUT2D eigenvalue weighted by Crippen LogP contribution is 2.25. The van der Waals surface area contributed by atoms with Gasteiger partial charge in [-0.1, -0.05) is 77.4 Å². The van der Waals surface area contributed by atoms with Crippen molar-refractivity contribution in [2.24, 2.45) is 14.1 Å². The number of benzene rings is 2. The Balaban J connectivity index is 0.000000223. The molecule has 3 N–H and O–H groups in total. The topological polar surface area (TPSA) is 119 Å². The molecule has 5 rings (SSSR count). The number of pyridine rings is 1. The highest BCUT2D eigenvalue weighted by atomic mass is 35.5. The van der Waals surface area contributed by atoms with E-state index < -0.39 is 0 Å². The molecule has 2 aromatic carbocycles. The zero-order valence-electron chi connectivity index (χ0n) is 28.2. The lowest BCUT2D eigenvalue weighted by Gasteiger charge is -2.19. The van der Waals surface area contributed by atoms with E-state index in [2.05, 4.69) is 72.7 Å². The monoisotopic (exact) mass is 654 g/mol. The molecule has 0 radical (unpaired) electrons. The number of rotatable bonds is 7. The van der Waals surface area contributed by atoms with Crippen LogP contribution in [-0.2, 0) is 31.5 Å². The SMILES string of the molecule is Cn1ncc(C(=O)Nc2ccc(C(C)(C)C)cc2)c1Cl.Cn1ncc(C(=O)Nc2ccc(C(C)(C)C)cc2)c1NCc1ccncc1. The smallest absolute Gasteiger partial charge is 0.261 e. The van der Waals surface area contributed by atoms with Crippen molar-refractivity contribution in [1.29, 1.82) is 0 Å². The lowest BCUT2D eigenvalue weighted by atomic mass is 9.87. The molecule has 2 amide bonds. The number of nitrogens with zero attached hydrogens (tertiary/aromatic N) is 5. The number of hydrogen-bond donors (Lipinski definition) is 3. The number of nitrogens with one attached hydrogen (secondary N) is 3. The zero-order chi connectivity index (χ0) is 34.4. The van der Waals surface area contributed by atoms with Crippen LogP contribution in [0.3, 0.4) is 0 Å². The minimum atomic E-state index is -0.258. The highest BCUT2D eigenvalue weighted by Gasteiger charge is 2.18. The zero-order valence-corrected chi connectivity index (χ0v) is 29.0. The Hall–Kier alpha value is -4.96. The first kappa shape index (κ1) is 34.9. The van der Waals surface area contributed by atoms with Gasteiger partial charge in [0, 0.05) is 44.4 Å². The van der Waals surface area contributed by atoms with Crippen LogP contribution in [0.1, 0.15) is 78.9 Å². The number of hydrogen-bond acceptors (Lipinski definition) is 6. The second kappa shape index (κ2) is 14.6. The lowest BCUT2D eigenvalue weighted by Crippen LogP contribution is -2.15. The van der Waals surface area contributed by atoms with Crippen molar-refractivity contribution < 1.29 is 9.59 Å². The van der Waals surface area contributed by atoms with Crippen LogP contribution < -0.4 is 16.0 Å². The summed E-state index contributed by atoms with van der Waals surface area (Å²) in [5, 5.41) is 17.5. The average molecular weight is 655 g/mol. The fourth-order valence-corrected chi connectivity index (χ4v) is 4.76. The van der Waals surface area contributed by atoms with Gasteiger partial charge in [-0.2, -0.15) is 10.2 Å². The number of amides is 2. The summed E-state index contributed by atoms with van der Waals surface area (Å²) >= 11 is 5.99. The molecule has 0 saturated carbocycles. The molecule has 246 valence electrons. The quantitative estimate of drug-likeness (QED) is 0.166. The molecule has 10 nitrogen and oxygen atoms in total. The van der Waals surface area contributed by atoms with Crippen molar-refractivity contribution >= 4 is 40.6 Å². The van der Waals surface area contributed by atoms with Crippen molar-refractivity contribution in [3.8, 4) is 0 Å². The van der Waals surface area contributed by atoms with Gasteiger partial charge in [0.05, 0.1) is 18.0 Å². The molecule has 0 unspecified atom stereocenters. The van der Waals surface area contributed by atoms with Gasteiger partial charge in [-0.15, -0.1) is 0 Å². The fraction of sp³-hybridized carbons (Fsp3) is 0.306. The van der Waals surface area contributed by atoms with Gasteiger partial charge in [0.1, 0.15) is 16.5 Å². The van der Waals surface area contributed by atoms with E-state index in [1.807, 2.05) is 67.7 Å². The van der Waals surface area contributed by atoms with E-state index in [0.29, 0.717) is 28.6 Å². The van der Waals surface area contributed by atoms with Gasteiger partial charge in [-0.25, -0.2) is 0 Å². The Kier molecular flexibility index (Phi) is 10.9. The largest absolute Gasteiger partial charge is 0.366 e. The van der Waals surface area contributed by atoms with Gasteiger partial charge in [-0.05, 0) is 63.9 Å². The summed E-state index contributed by atoms with van der Waals surface area (Å²) in [6, 6.07) is 19.6. The Morgan fingerprint density at radius 2 is 1.13 bits per heavy atom. The van der Waals surface area contributed by atoms with E-state index in [1.54, 1.807) is 30.3 Å². The molecule has 0 atom stereocenters. The van der Waals surface area contributed by atoms with Crippen LogP contribution in [0, 0.1) is 0 Å². The Bertz CT molecular complexity index is 1800. The van der Waals surface area contributed by atoms with E-state index in [4.69, 9.17) is 11.6 Å². The second-order valence-electron chi connectivity index (χ2n) is 13.3. The Morgan fingerprint density at radius 3 is 1.57 bits per heavy atom. The maximum absolute atomic E-state index is 12.7. The molecule has 47 heavy (non-hydrogen) atoms. The molecule has 0 bridgehead atoms. The maximum atomic E-state index is 12.7. The molecular formula is C36H43ClN8O2. The number of carbonyl (C=O) groups is 2. The number of carbonyl (C=O) groups excluding carboxylic acids is 2. The molecule has 0 spiro atoms. The normalized spacial score (nSPS) is 11.3. The van der Waals surface area contributed by atoms with Gasteiger partial charge in [0.25, 0.3) is 11.8 Å². The number of halogens is 1. The minimum absolute atomic E-state index is 0.0793. The van der Waals surface area contributed by atoms with Crippen LogP contribution in [0.25, 0.3) is 0 Å². The van der Waals surface area contributed by atoms with E-state index >= 15 is 0 Å². The van der Waals surface area contributed by atoms with Crippen molar-refractivity contribution in [3.05, 3.63) is 118 Å². The van der Waals surface area contributed by atoms with Gasteiger partial charge in [0.2, 0.25) is 0 Å². The molecule has 0 fully saturated rings. The van der Waals surface area contributed by atoms with Crippen LogP contribution in [0.4, 0.5) is 17.2 Å². The summed E-state index contributed by atoms with van der Waals surface area (Å²) in [6.07, 6.45) is 6.53. The summed E-state index contributed by atoms with van der Waals surface area (Å²) in [5.41, 5.74) is 6.07. The van der Waals surface area contributed by atoms with E-state index in [1.165, 1.54) is 22.0 Å².